The highest BCUT2D eigenvalue weighted by Crippen LogP contribution is 2.37. The second kappa shape index (κ2) is 5.98. The Morgan fingerprint density at radius 3 is 2.72 bits per heavy atom. The molecule has 1 unspecified atom stereocenters. The summed E-state index contributed by atoms with van der Waals surface area (Å²) in [6, 6.07) is 1.52. The lowest BCUT2D eigenvalue weighted by Gasteiger charge is -2.11. The number of nitrogens with zero attached hydrogens (tertiary/aromatic N) is 1. The lowest BCUT2D eigenvalue weighted by molar-refractivity contribution is -0.385. The summed E-state index contributed by atoms with van der Waals surface area (Å²) < 4.78 is 5.42. The van der Waals surface area contributed by atoms with E-state index in [1.165, 1.54) is 6.07 Å². The number of primary amides is 1. The average Bonchev–Trinajstić information content (AvgIpc) is 2.26. The van der Waals surface area contributed by atoms with Crippen LogP contribution in [0.3, 0.4) is 0 Å². The van der Waals surface area contributed by atoms with E-state index in [1.807, 2.05) is 0 Å². The number of nitro groups is 1. The van der Waals surface area contributed by atoms with Gasteiger partial charge in [0.1, 0.15) is 12.6 Å². The molecule has 0 aliphatic rings. The largest absolute Gasteiger partial charge is 0.484 e. The van der Waals surface area contributed by atoms with Crippen molar-refractivity contribution in [2.24, 2.45) is 11.5 Å². The number of hydrogen-bond acceptors (Lipinski definition) is 5. The Labute approximate surface area is 115 Å². The molecule has 0 radical (unpaired) electrons. The van der Waals surface area contributed by atoms with Crippen LogP contribution in [0.4, 0.5) is 5.69 Å². The van der Waals surface area contributed by atoms with Crippen molar-refractivity contribution < 1.29 is 14.5 Å². The van der Waals surface area contributed by atoms with Gasteiger partial charge >= 0.3 is 5.69 Å². The molecule has 1 atom stereocenters. The van der Waals surface area contributed by atoms with Gasteiger partial charge in [-0.25, -0.2) is 0 Å². The van der Waals surface area contributed by atoms with Crippen LogP contribution in [-0.4, -0.2) is 23.5 Å². The van der Waals surface area contributed by atoms with Crippen molar-refractivity contribution in [3.8, 4) is 5.75 Å². The zero-order chi connectivity index (χ0) is 13.9. The van der Waals surface area contributed by atoms with Gasteiger partial charge < -0.3 is 16.2 Å². The molecule has 0 aromatic heterocycles. The number of carbonyl (C=O) groups excluding carboxylic acids is 1. The first kappa shape index (κ1) is 14.7. The molecule has 1 aromatic rings. The molecule has 1 aromatic carbocycles. The molecule has 1 rings (SSSR count). The number of rotatable bonds is 5. The Morgan fingerprint density at radius 1 is 1.61 bits per heavy atom. The van der Waals surface area contributed by atoms with Gasteiger partial charge in [-0.3, -0.25) is 14.9 Å². The van der Waals surface area contributed by atoms with E-state index in [-0.39, 0.29) is 23.1 Å². The summed E-state index contributed by atoms with van der Waals surface area (Å²) in [5, 5.41) is 11.0. The standard InChI is InChI=1S/C9H9BrClN3O4/c10-5-1-4(11)2-7(14(16)17)8(5)18-3-6(12)9(13)15/h1-2,6H,3,12H2,(H2,13,15). The lowest BCUT2D eigenvalue weighted by Crippen LogP contribution is -2.41. The maximum Gasteiger partial charge on any atom is 0.313 e. The quantitative estimate of drug-likeness (QED) is 0.617. The molecular weight excluding hydrogens is 329 g/mol. The van der Waals surface area contributed by atoms with E-state index in [0.717, 1.165) is 6.07 Å². The topological polar surface area (TPSA) is 121 Å². The number of halogens is 2. The maximum atomic E-state index is 10.8. The fourth-order valence-corrected chi connectivity index (χ4v) is 1.99. The van der Waals surface area contributed by atoms with Crippen LogP contribution >= 0.6 is 27.5 Å². The van der Waals surface area contributed by atoms with Crippen LogP contribution in [0.2, 0.25) is 5.02 Å². The summed E-state index contributed by atoms with van der Waals surface area (Å²) in [5.41, 5.74) is 9.98. The normalized spacial score (nSPS) is 11.9. The Kier molecular flexibility index (Phi) is 4.88. The van der Waals surface area contributed by atoms with Gasteiger partial charge in [0.15, 0.2) is 0 Å². The van der Waals surface area contributed by atoms with Crippen LogP contribution in [0, 0.1) is 10.1 Å². The summed E-state index contributed by atoms with van der Waals surface area (Å²) in [5.74, 6) is -0.816. The minimum Gasteiger partial charge on any atom is -0.484 e. The van der Waals surface area contributed by atoms with Crippen molar-refractivity contribution in [2.45, 2.75) is 6.04 Å². The average molecular weight is 339 g/mol. The molecule has 1 amide bonds. The summed E-state index contributed by atoms with van der Waals surface area (Å²) in [4.78, 5) is 20.9. The molecule has 0 saturated heterocycles. The van der Waals surface area contributed by atoms with Crippen molar-refractivity contribution in [2.75, 3.05) is 6.61 Å². The van der Waals surface area contributed by atoms with Crippen LogP contribution in [0.25, 0.3) is 0 Å². The molecule has 0 heterocycles. The highest BCUT2D eigenvalue weighted by atomic mass is 79.9. The van der Waals surface area contributed by atoms with E-state index in [4.69, 9.17) is 27.8 Å². The van der Waals surface area contributed by atoms with Crippen LogP contribution in [0.5, 0.6) is 5.75 Å². The third-order valence-electron chi connectivity index (χ3n) is 1.96. The van der Waals surface area contributed by atoms with Gasteiger partial charge in [0.05, 0.1) is 9.40 Å². The summed E-state index contributed by atoms with van der Waals surface area (Å²) >= 11 is 8.77. The Balaban J connectivity index is 3.00. The van der Waals surface area contributed by atoms with E-state index >= 15 is 0 Å². The summed E-state index contributed by atoms with van der Waals surface area (Å²) in [6.45, 7) is -0.267. The van der Waals surface area contributed by atoms with Gasteiger partial charge in [0.2, 0.25) is 11.7 Å². The molecule has 98 valence electrons. The molecule has 7 nitrogen and oxygen atoms in total. The molecule has 0 fully saturated rings. The lowest BCUT2D eigenvalue weighted by atomic mass is 10.3. The Hall–Kier alpha value is -1.38. The van der Waals surface area contributed by atoms with Gasteiger partial charge in [-0.1, -0.05) is 11.6 Å². The Bertz CT molecular complexity index is 497. The zero-order valence-corrected chi connectivity index (χ0v) is 11.3. The van der Waals surface area contributed by atoms with Gasteiger partial charge in [-0.05, 0) is 22.0 Å². The number of carbonyl (C=O) groups is 1. The first-order valence-corrected chi connectivity index (χ1v) is 5.81. The number of ether oxygens (including phenoxy) is 1. The molecule has 9 heteroatoms. The first-order chi connectivity index (χ1) is 8.32. The molecule has 18 heavy (non-hydrogen) atoms. The van der Waals surface area contributed by atoms with Crippen molar-refractivity contribution in [1.29, 1.82) is 0 Å². The number of nitro benzene ring substituents is 1. The minimum absolute atomic E-state index is 0.0545. The maximum absolute atomic E-state index is 10.8. The van der Waals surface area contributed by atoms with Crippen molar-refractivity contribution in [3.05, 3.63) is 31.7 Å². The highest BCUT2D eigenvalue weighted by molar-refractivity contribution is 9.10. The smallest absolute Gasteiger partial charge is 0.313 e. The van der Waals surface area contributed by atoms with Crippen molar-refractivity contribution in [3.63, 3.8) is 0 Å². The van der Waals surface area contributed by atoms with E-state index in [0.29, 0.717) is 4.47 Å². The molecule has 0 aliphatic heterocycles. The van der Waals surface area contributed by atoms with Crippen LogP contribution in [0.1, 0.15) is 0 Å². The van der Waals surface area contributed by atoms with E-state index in [2.05, 4.69) is 15.9 Å². The fourth-order valence-electron chi connectivity index (χ4n) is 1.08. The zero-order valence-electron chi connectivity index (χ0n) is 8.93. The third-order valence-corrected chi connectivity index (χ3v) is 2.77. The van der Waals surface area contributed by atoms with Gasteiger partial charge in [0.25, 0.3) is 0 Å². The van der Waals surface area contributed by atoms with Gasteiger partial charge in [0, 0.05) is 11.1 Å². The number of amides is 1. The second-order valence-corrected chi connectivity index (χ2v) is 4.60. The van der Waals surface area contributed by atoms with E-state index in [9.17, 15) is 14.9 Å². The van der Waals surface area contributed by atoms with Crippen LogP contribution < -0.4 is 16.2 Å². The number of benzene rings is 1. The fraction of sp³-hybridized carbons (Fsp3) is 0.222. The molecule has 0 aliphatic carbocycles. The predicted octanol–water partition coefficient (Wildman–Crippen LogP) is 1.20. The van der Waals surface area contributed by atoms with Crippen molar-refractivity contribution in [1.82, 2.24) is 0 Å². The van der Waals surface area contributed by atoms with E-state index < -0.39 is 16.9 Å². The second-order valence-electron chi connectivity index (χ2n) is 3.31. The highest BCUT2D eigenvalue weighted by Gasteiger charge is 2.21. The molecule has 0 bridgehead atoms. The third kappa shape index (κ3) is 3.56. The van der Waals surface area contributed by atoms with Crippen LogP contribution in [0.15, 0.2) is 16.6 Å². The molecule has 4 N–H and O–H groups in total. The number of nitrogens with two attached hydrogens (primary N) is 2. The molecule has 0 saturated carbocycles. The monoisotopic (exact) mass is 337 g/mol. The minimum atomic E-state index is -1.05. The Morgan fingerprint density at radius 2 is 2.22 bits per heavy atom. The van der Waals surface area contributed by atoms with Crippen molar-refractivity contribution >= 4 is 39.1 Å². The summed E-state index contributed by atoms with van der Waals surface area (Å²) in [7, 11) is 0. The van der Waals surface area contributed by atoms with Crippen LogP contribution in [-0.2, 0) is 4.79 Å². The molecule has 0 spiro atoms. The molecular formula is C9H9BrClN3O4. The first-order valence-electron chi connectivity index (χ1n) is 4.64. The predicted molar refractivity (Wildman–Crippen MR) is 68.5 cm³/mol. The summed E-state index contributed by atoms with van der Waals surface area (Å²) in [6.07, 6.45) is 0. The number of hydrogen-bond donors (Lipinski definition) is 2. The SMILES string of the molecule is NC(=O)C(N)COc1c(Br)cc(Cl)cc1[N+](=O)[O-]. The van der Waals surface area contributed by atoms with E-state index in [1.54, 1.807) is 0 Å². The van der Waals surface area contributed by atoms with Gasteiger partial charge in [-0.2, -0.15) is 0 Å². The van der Waals surface area contributed by atoms with Gasteiger partial charge in [-0.15, -0.1) is 0 Å².